The molecule has 0 saturated carbocycles. The lowest BCUT2D eigenvalue weighted by molar-refractivity contribution is 0.0968. The van der Waals surface area contributed by atoms with Crippen LogP contribution in [-0.2, 0) is 23.0 Å². The van der Waals surface area contributed by atoms with E-state index in [-0.39, 0.29) is 5.75 Å². The molecule has 3 rings (SSSR count). The number of hydrogen-bond donors (Lipinski definition) is 0. The van der Waals surface area contributed by atoms with Crippen LogP contribution in [0.25, 0.3) is 0 Å². The topological polar surface area (TPSA) is 49.9 Å². The average Bonchev–Trinajstić information content (AvgIpc) is 2.97. The molecule has 0 amide bonds. The number of rotatable bonds is 6. The van der Waals surface area contributed by atoms with E-state index >= 15 is 0 Å². The Balaban J connectivity index is 1.56. The molecule has 1 aromatic rings. The molecule has 7 heteroatoms. The molecular formula is C18H30N2O3S2. The van der Waals surface area contributed by atoms with Gasteiger partial charge in [0.1, 0.15) is 6.10 Å². The van der Waals surface area contributed by atoms with E-state index in [0.29, 0.717) is 25.1 Å². The minimum Gasteiger partial charge on any atom is -0.481 e. The van der Waals surface area contributed by atoms with Gasteiger partial charge in [-0.25, -0.2) is 8.42 Å². The van der Waals surface area contributed by atoms with Crippen molar-refractivity contribution < 1.29 is 13.2 Å². The predicted molar refractivity (Wildman–Crippen MR) is 103 cm³/mol. The van der Waals surface area contributed by atoms with Crippen molar-refractivity contribution in [1.29, 1.82) is 0 Å². The smallest absolute Gasteiger partial charge is 0.214 e. The third kappa shape index (κ3) is 4.76. The van der Waals surface area contributed by atoms with E-state index in [1.165, 1.54) is 11.4 Å². The van der Waals surface area contributed by atoms with Gasteiger partial charge in [-0.2, -0.15) is 4.31 Å². The van der Waals surface area contributed by atoms with Gasteiger partial charge >= 0.3 is 0 Å². The molecule has 1 aromatic heterocycles. The van der Waals surface area contributed by atoms with E-state index in [9.17, 15) is 8.42 Å². The van der Waals surface area contributed by atoms with Gasteiger partial charge in [-0.05, 0) is 43.7 Å². The standard InChI is InChI=1S/C18H30N2O3S2/c1-4-25(21,22)20-10-7-17-15(13-20)11-18(24-17)23-16-5-8-19(9-6-16)12-14(2)3/h11,14,16H,4-10,12-13H2,1-3H3. The molecular weight excluding hydrogens is 356 g/mol. The van der Waals surface area contributed by atoms with Gasteiger partial charge < -0.3 is 9.64 Å². The Morgan fingerprint density at radius 1 is 1.28 bits per heavy atom. The summed E-state index contributed by atoms with van der Waals surface area (Å²) in [5, 5.41) is 0.961. The van der Waals surface area contributed by atoms with Gasteiger partial charge in [0.2, 0.25) is 10.0 Å². The van der Waals surface area contributed by atoms with Crippen molar-refractivity contribution in [3.63, 3.8) is 0 Å². The lowest BCUT2D eigenvalue weighted by Crippen LogP contribution is -2.39. The molecule has 2 aliphatic heterocycles. The van der Waals surface area contributed by atoms with Crippen LogP contribution >= 0.6 is 11.3 Å². The zero-order valence-corrected chi connectivity index (χ0v) is 17.2. The molecule has 5 nitrogen and oxygen atoms in total. The Morgan fingerprint density at radius 3 is 2.64 bits per heavy atom. The van der Waals surface area contributed by atoms with Crippen LogP contribution in [-0.4, -0.2) is 55.7 Å². The summed E-state index contributed by atoms with van der Waals surface area (Å²) in [5.74, 6) is 0.883. The van der Waals surface area contributed by atoms with Crippen LogP contribution in [0.1, 0.15) is 44.1 Å². The number of ether oxygens (including phenoxy) is 1. The molecule has 142 valence electrons. The van der Waals surface area contributed by atoms with Crippen molar-refractivity contribution in [1.82, 2.24) is 9.21 Å². The summed E-state index contributed by atoms with van der Waals surface area (Å²) in [6.45, 7) is 10.7. The van der Waals surface area contributed by atoms with Gasteiger partial charge in [0.15, 0.2) is 5.06 Å². The summed E-state index contributed by atoms with van der Waals surface area (Å²) in [4.78, 5) is 3.81. The number of hydrogen-bond acceptors (Lipinski definition) is 5. The molecule has 0 N–H and O–H groups in total. The summed E-state index contributed by atoms with van der Waals surface area (Å²) >= 11 is 1.70. The third-order valence-corrected chi connectivity index (χ3v) is 7.96. The molecule has 3 heterocycles. The van der Waals surface area contributed by atoms with Gasteiger partial charge in [-0.1, -0.05) is 13.8 Å². The van der Waals surface area contributed by atoms with E-state index in [4.69, 9.17) is 4.74 Å². The molecule has 0 unspecified atom stereocenters. The maximum atomic E-state index is 12.1. The Hall–Kier alpha value is -0.630. The third-order valence-electron chi connectivity index (χ3n) is 5.01. The lowest BCUT2D eigenvalue weighted by atomic mass is 10.1. The maximum absolute atomic E-state index is 12.1. The fraction of sp³-hybridized carbons (Fsp3) is 0.778. The molecule has 0 bridgehead atoms. The van der Waals surface area contributed by atoms with E-state index in [1.54, 1.807) is 22.6 Å². The fourth-order valence-corrected chi connectivity index (χ4v) is 5.79. The molecule has 0 aliphatic carbocycles. The van der Waals surface area contributed by atoms with Crippen molar-refractivity contribution in [2.24, 2.45) is 5.92 Å². The first-order valence-corrected chi connectivity index (χ1v) is 11.8. The van der Waals surface area contributed by atoms with Gasteiger partial charge in [0, 0.05) is 37.6 Å². The Morgan fingerprint density at radius 2 is 2.00 bits per heavy atom. The predicted octanol–water partition coefficient (Wildman–Crippen LogP) is 2.96. The number of sulfonamides is 1. The number of piperidine rings is 1. The summed E-state index contributed by atoms with van der Waals surface area (Å²) in [6.07, 6.45) is 3.24. The van der Waals surface area contributed by atoms with Crippen LogP contribution in [0.3, 0.4) is 0 Å². The van der Waals surface area contributed by atoms with Crippen LogP contribution in [0.15, 0.2) is 6.07 Å². The van der Waals surface area contributed by atoms with Crippen LogP contribution in [0, 0.1) is 5.92 Å². The largest absolute Gasteiger partial charge is 0.481 e. The van der Waals surface area contributed by atoms with E-state index < -0.39 is 10.0 Å². The van der Waals surface area contributed by atoms with E-state index in [1.807, 2.05) is 0 Å². The van der Waals surface area contributed by atoms with E-state index in [2.05, 4.69) is 24.8 Å². The van der Waals surface area contributed by atoms with Crippen molar-refractivity contribution in [3.8, 4) is 5.06 Å². The highest BCUT2D eigenvalue weighted by Crippen LogP contribution is 2.35. The number of nitrogens with zero attached hydrogens (tertiary/aromatic N) is 2. The normalized spacial score (nSPS) is 20.8. The molecule has 1 saturated heterocycles. The second-order valence-corrected chi connectivity index (χ2v) is 10.9. The number of thiophene rings is 1. The SMILES string of the molecule is CCS(=O)(=O)N1CCc2sc(OC3CCN(CC(C)C)CC3)cc2C1. The Bertz CT molecular complexity index is 676. The maximum Gasteiger partial charge on any atom is 0.214 e. The molecule has 2 aliphatic rings. The molecule has 1 fully saturated rings. The van der Waals surface area contributed by atoms with Gasteiger partial charge in [-0.3, -0.25) is 0 Å². The molecule has 0 aromatic carbocycles. The molecule has 0 spiro atoms. The zero-order valence-electron chi connectivity index (χ0n) is 15.5. The molecule has 25 heavy (non-hydrogen) atoms. The van der Waals surface area contributed by atoms with Crippen LogP contribution < -0.4 is 4.74 Å². The van der Waals surface area contributed by atoms with Crippen molar-refractivity contribution >= 4 is 21.4 Å². The second-order valence-electron chi connectivity index (χ2n) is 7.51. The Labute approximate surface area is 156 Å². The summed E-state index contributed by atoms with van der Waals surface area (Å²) in [5.41, 5.74) is 1.13. The lowest BCUT2D eigenvalue weighted by Gasteiger charge is -2.32. The summed E-state index contributed by atoms with van der Waals surface area (Å²) < 4.78 is 32.0. The highest BCUT2D eigenvalue weighted by molar-refractivity contribution is 7.89. The van der Waals surface area contributed by atoms with Crippen LogP contribution in [0.2, 0.25) is 0 Å². The van der Waals surface area contributed by atoms with Gasteiger partial charge in [-0.15, -0.1) is 11.3 Å². The van der Waals surface area contributed by atoms with Crippen molar-refractivity contribution in [3.05, 3.63) is 16.5 Å². The quantitative estimate of drug-likeness (QED) is 0.754. The summed E-state index contributed by atoms with van der Waals surface area (Å²) in [6, 6.07) is 2.07. The Kier molecular flexibility index (Phi) is 6.08. The first-order chi connectivity index (χ1) is 11.9. The highest BCUT2D eigenvalue weighted by Gasteiger charge is 2.28. The number of fused-ring (bicyclic) bond motifs is 1. The summed E-state index contributed by atoms with van der Waals surface area (Å²) in [7, 11) is -3.11. The van der Waals surface area contributed by atoms with Crippen molar-refractivity contribution in [2.75, 3.05) is 31.9 Å². The van der Waals surface area contributed by atoms with Crippen molar-refractivity contribution in [2.45, 2.75) is 52.7 Å². The van der Waals surface area contributed by atoms with Crippen LogP contribution in [0.4, 0.5) is 0 Å². The van der Waals surface area contributed by atoms with Gasteiger partial charge in [0.25, 0.3) is 0 Å². The average molecular weight is 387 g/mol. The zero-order chi connectivity index (χ0) is 18.0. The first kappa shape index (κ1) is 19.1. The van der Waals surface area contributed by atoms with E-state index in [0.717, 1.165) is 43.0 Å². The minimum atomic E-state index is -3.11. The second kappa shape index (κ2) is 7.94. The van der Waals surface area contributed by atoms with Crippen LogP contribution in [0.5, 0.6) is 5.06 Å². The molecule has 0 atom stereocenters. The molecule has 0 radical (unpaired) electrons. The monoisotopic (exact) mass is 386 g/mol. The first-order valence-electron chi connectivity index (χ1n) is 9.35. The van der Waals surface area contributed by atoms with Gasteiger partial charge in [0.05, 0.1) is 5.75 Å². The highest BCUT2D eigenvalue weighted by atomic mass is 32.2. The minimum absolute atomic E-state index is 0.171. The number of likely N-dealkylation sites (tertiary alicyclic amines) is 1. The fourth-order valence-electron chi connectivity index (χ4n) is 3.65.